The third-order valence-corrected chi connectivity index (χ3v) is 5.05. The summed E-state index contributed by atoms with van der Waals surface area (Å²) in [4.78, 5) is 25.9. The molecule has 1 heterocycles. The van der Waals surface area contributed by atoms with Crippen molar-refractivity contribution in [2.75, 3.05) is 25.0 Å². The number of nitrogens with one attached hydrogen (secondary N) is 1. The Bertz CT molecular complexity index is 583. The zero-order chi connectivity index (χ0) is 16.9. The third-order valence-electron chi connectivity index (χ3n) is 5.05. The van der Waals surface area contributed by atoms with Gasteiger partial charge in [0.15, 0.2) is 5.78 Å². The van der Waals surface area contributed by atoms with Crippen molar-refractivity contribution in [2.24, 2.45) is 0 Å². The van der Waals surface area contributed by atoms with Gasteiger partial charge in [-0.3, -0.25) is 14.5 Å². The van der Waals surface area contributed by atoms with Gasteiger partial charge in [-0.15, -0.1) is 0 Å². The molecular formula is C19H26N2O3. The van der Waals surface area contributed by atoms with E-state index >= 15 is 0 Å². The van der Waals surface area contributed by atoms with Crippen molar-refractivity contribution in [3.63, 3.8) is 0 Å². The summed E-state index contributed by atoms with van der Waals surface area (Å²) in [6.45, 7) is 4.01. The molecule has 130 valence electrons. The fourth-order valence-corrected chi connectivity index (χ4v) is 3.71. The Kier molecular flexibility index (Phi) is 5.63. The van der Waals surface area contributed by atoms with Crippen LogP contribution in [-0.2, 0) is 9.53 Å². The lowest BCUT2D eigenvalue weighted by molar-refractivity contribution is -0.118. The van der Waals surface area contributed by atoms with Gasteiger partial charge in [0.05, 0.1) is 12.7 Å². The zero-order valence-electron chi connectivity index (χ0n) is 14.3. The highest BCUT2D eigenvalue weighted by Crippen LogP contribution is 2.28. The Morgan fingerprint density at radius 3 is 2.71 bits per heavy atom. The number of ketones is 1. The number of Topliss-reactive ketones (excluding diaryl/α,β-unsaturated/α-hetero) is 1. The van der Waals surface area contributed by atoms with Gasteiger partial charge in [-0.05, 0) is 44.0 Å². The first-order valence-corrected chi connectivity index (χ1v) is 8.90. The Morgan fingerprint density at radius 2 is 1.96 bits per heavy atom. The summed E-state index contributed by atoms with van der Waals surface area (Å²) in [5.41, 5.74) is 1.40. The maximum Gasteiger partial charge on any atom is 0.225 e. The fourth-order valence-electron chi connectivity index (χ4n) is 3.71. The molecule has 2 aliphatic rings. The first-order chi connectivity index (χ1) is 11.6. The molecule has 1 saturated carbocycles. The lowest BCUT2D eigenvalue weighted by atomic mass is 9.90. The van der Waals surface area contributed by atoms with Gasteiger partial charge in [-0.25, -0.2) is 0 Å². The highest BCUT2D eigenvalue weighted by molar-refractivity contribution is 5.95. The molecule has 24 heavy (non-hydrogen) atoms. The Balaban J connectivity index is 1.49. The van der Waals surface area contributed by atoms with Crippen LogP contribution in [0.5, 0.6) is 0 Å². The molecule has 5 heteroatoms. The first kappa shape index (κ1) is 17.1. The second-order valence-corrected chi connectivity index (χ2v) is 6.73. The number of rotatable bonds is 5. The van der Waals surface area contributed by atoms with E-state index in [1.54, 1.807) is 24.3 Å². The summed E-state index contributed by atoms with van der Waals surface area (Å²) >= 11 is 0. The fraction of sp³-hybridized carbons (Fsp3) is 0.579. The van der Waals surface area contributed by atoms with Gasteiger partial charge in [0.2, 0.25) is 5.91 Å². The molecule has 1 N–H and O–H groups in total. The predicted molar refractivity (Wildman–Crippen MR) is 93.3 cm³/mol. The van der Waals surface area contributed by atoms with E-state index in [9.17, 15) is 9.59 Å². The van der Waals surface area contributed by atoms with Crippen molar-refractivity contribution in [3.8, 4) is 0 Å². The number of nitrogens with zero attached hydrogens (tertiary/aromatic N) is 1. The van der Waals surface area contributed by atoms with Gasteiger partial charge < -0.3 is 10.1 Å². The Hall–Kier alpha value is -1.72. The molecule has 0 radical (unpaired) electrons. The standard InChI is InChI=1S/C19H26N2O3/c1-14(22)15-6-8-16(9-7-15)20-19(23)10-11-21-12-13-24-18-5-3-2-4-17(18)21/h6-9,17-18H,2-5,10-13H2,1H3,(H,20,23)/t17-,18-/m1/s1. The lowest BCUT2D eigenvalue weighted by Crippen LogP contribution is -2.53. The molecule has 5 nitrogen and oxygen atoms in total. The predicted octanol–water partition coefficient (Wildman–Crippen LogP) is 2.86. The van der Waals surface area contributed by atoms with Crippen LogP contribution in [0.1, 0.15) is 49.4 Å². The molecule has 2 fully saturated rings. The minimum atomic E-state index is 0.0180. The highest BCUT2D eigenvalue weighted by atomic mass is 16.5. The van der Waals surface area contributed by atoms with Gasteiger partial charge in [0.25, 0.3) is 0 Å². The summed E-state index contributed by atoms with van der Waals surface area (Å²) in [7, 11) is 0. The van der Waals surface area contributed by atoms with Gasteiger partial charge in [0.1, 0.15) is 0 Å². The number of ether oxygens (including phenoxy) is 1. The number of benzene rings is 1. The molecule has 0 bridgehead atoms. The topological polar surface area (TPSA) is 58.6 Å². The molecule has 0 unspecified atom stereocenters. The lowest BCUT2D eigenvalue weighted by Gasteiger charge is -2.43. The van der Waals surface area contributed by atoms with Crippen molar-refractivity contribution >= 4 is 17.4 Å². The number of morpholine rings is 1. The maximum atomic E-state index is 12.2. The van der Waals surface area contributed by atoms with Crippen LogP contribution < -0.4 is 5.32 Å². The Morgan fingerprint density at radius 1 is 1.21 bits per heavy atom. The SMILES string of the molecule is CC(=O)c1ccc(NC(=O)CCN2CCO[C@@H]3CCCC[C@H]32)cc1. The number of carbonyl (C=O) groups excluding carboxylic acids is 2. The van der Waals surface area contributed by atoms with E-state index in [1.807, 2.05) is 0 Å². The molecule has 1 saturated heterocycles. The number of amides is 1. The first-order valence-electron chi connectivity index (χ1n) is 8.90. The summed E-state index contributed by atoms with van der Waals surface area (Å²) < 4.78 is 5.88. The van der Waals surface area contributed by atoms with E-state index in [2.05, 4.69) is 10.2 Å². The quantitative estimate of drug-likeness (QED) is 0.844. The minimum absolute atomic E-state index is 0.0180. The van der Waals surface area contributed by atoms with E-state index in [0.29, 0.717) is 24.1 Å². The number of fused-ring (bicyclic) bond motifs is 1. The van der Waals surface area contributed by atoms with E-state index in [0.717, 1.165) is 31.8 Å². The molecule has 1 amide bonds. The number of carbonyl (C=O) groups is 2. The van der Waals surface area contributed by atoms with Crippen LogP contribution in [0, 0.1) is 0 Å². The molecule has 0 spiro atoms. The zero-order valence-corrected chi connectivity index (χ0v) is 14.3. The highest BCUT2D eigenvalue weighted by Gasteiger charge is 2.33. The summed E-state index contributed by atoms with van der Waals surface area (Å²) in [5, 5.41) is 2.91. The van der Waals surface area contributed by atoms with Crippen LogP contribution in [0.3, 0.4) is 0 Å². The normalized spacial score (nSPS) is 24.2. The average Bonchev–Trinajstić information content (AvgIpc) is 2.60. The van der Waals surface area contributed by atoms with Crippen molar-refractivity contribution in [3.05, 3.63) is 29.8 Å². The monoisotopic (exact) mass is 330 g/mol. The summed E-state index contributed by atoms with van der Waals surface area (Å²) in [5.74, 6) is 0.0478. The van der Waals surface area contributed by atoms with Crippen LogP contribution in [-0.4, -0.2) is 48.4 Å². The van der Waals surface area contributed by atoms with E-state index in [-0.39, 0.29) is 11.7 Å². The average molecular weight is 330 g/mol. The second-order valence-electron chi connectivity index (χ2n) is 6.73. The molecular weight excluding hydrogens is 304 g/mol. The summed E-state index contributed by atoms with van der Waals surface area (Å²) in [6, 6.07) is 7.52. The van der Waals surface area contributed by atoms with Crippen LogP contribution in [0.25, 0.3) is 0 Å². The van der Waals surface area contributed by atoms with Crippen LogP contribution in [0.2, 0.25) is 0 Å². The Labute approximate surface area is 143 Å². The van der Waals surface area contributed by atoms with Crippen molar-refractivity contribution in [1.82, 2.24) is 4.90 Å². The molecule has 1 aromatic carbocycles. The van der Waals surface area contributed by atoms with Crippen molar-refractivity contribution < 1.29 is 14.3 Å². The molecule has 2 atom stereocenters. The molecule has 0 aromatic heterocycles. The molecule has 1 aromatic rings. The van der Waals surface area contributed by atoms with Crippen molar-refractivity contribution in [2.45, 2.75) is 51.2 Å². The summed E-state index contributed by atoms with van der Waals surface area (Å²) in [6.07, 6.45) is 5.68. The van der Waals surface area contributed by atoms with Crippen LogP contribution in [0.15, 0.2) is 24.3 Å². The number of anilines is 1. The largest absolute Gasteiger partial charge is 0.375 e. The maximum absolute atomic E-state index is 12.2. The smallest absolute Gasteiger partial charge is 0.225 e. The number of hydrogen-bond donors (Lipinski definition) is 1. The van der Waals surface area contributed by atoms with Gasteiger partial charge in [-0.2, -0.15) is 0 Å². The molecule has 1 aliphatic heterocycles. The molecule has 3 rings (SSSR count). The van der Waals surface area contributed by atoms with Gasteiger partial charge in [-0.1, -0.05) is 12.8 Å². The molecule has 1 aliphatic carbocycles. The van der Waals surface area contributed by atoms with E-state index in [4.69, 9.17) is 4.74 Å². The van der Waals surface area contributed by atoms with Gasteiger partial charge >= 0.3 is 0 Å². The van der Waals surface area contributed by atoms with Crippen LogP contribution in [0.4, 0.5) is 5.69 Å². The van der Waals surface area contributed by atoms with Gasteiger partial charge in [0, 0.05) is 36.8 Å². The van der Waals surface area contributed by atoms with Crippen molar-refractivity contribution in [1.29, 1.82) is 0 Å². The van der Waals surface area contributed by atoms with E-state index < -0.39 is 0 Å². The van der Waals surface area contributed by atoms with E-state index in [1.165, 1.54) is 26.2 Å². The third kappa shape index (κ3) is 4.22. The minimum Gasteiger partial charge on any atom is -0.375 e. The number of hydrogen-bond acceptors (Lipinski definition) is 4. The van der Waals surface area contributed by atoms with Crippen LogP contribution >= 0.6 is 0 Å². The second kappa shape index (κ2) is 7.90.